The summed E-state index contributed by atoms with van der Waals surface area (Å²) in [4.78, 5) is 0. The minimum atomic E-state index is 0.490. The van der Waals surface area contributed by atoms with E-state index in [0.717, 1.165) is 23.7 Å². The zero-order valence-corrected chi connectivity index (χ0v) is 15.1. The smallest absolute Gasteiger partial charge is 0.00104 e. The quantitative estimate of drug-likeness (QED) is 0.678. The second kappa shape index (κ2) is 7.82. The predicted molar refractivity (Wildman–Crippen MR) is 91.0 cm³/mol. The van der Waals surface area contributed by atoms with Gasteiger partial charge in [-0.25, -0.2) is 0 Å². The van der Waals surface area contributed by atoms with Gasteiger partial charge in [0.15, 0.2) is 0 Å². The van der Waals surface area contributed by atoms with Gasteiger partial charge < -0.3 is 5.32 Å². The fourth-order valence-electron chi connectivity index (χ4n) is 3.74. The Morgan fingerprint density at radius 3 is 2.20 bits per heavy atom. The summed E-state index contributed by atoms with van der Waals surface area (Å²) in [6.45, 7) is 17.9. The zero-order chi connectivity index (χ0) is 15.3. The molecule has 1 N–H and O–H groups in total. The predicted octanol–water partition coefficient (Wildman–Crippen LogP) is 5.50. The van der Waals surface area contributed by atoms with Crippen LogP contribution in [0, 0.1) is 29.1 Å². The summed E-state index contributed by atoms with van der Waals surface area (Å²) in [6.07, 6.45) is 7.10. The van der Waals surface area contributed by atoms with E-state index >= 15 is 0 Å². The average Bonchev–Trinajstić information content (AvgIpc) is 2.35. The molecule has 1 heteroatoms. The van der Waals surface area contributed by atoms with Gasteiger partial charge in [0.25, 0.3) is 0 Å². The molecular weight excluding hydrogens is 242 g/mol. The molecule has 0 radical (unpaired) electrons. The van der Waals surface area contributed by atoms with Crippen molar-refractivity contribution in [2.75, 3.05) is 6.54 Å². The summed E-state index contributed by atoms with van der Waals surface area (Å²) in [5, 5.41) is 3.69. The zero-order valence-electron chi connectivity index (χ0n) is 15.1. The van der Waals surface area contributed by atoms with Crippen LogP contribution in [0.1, 0.15) is 80.6 Å². The molecule has 0 saturated heterocycles. The molecule has 1 saturated carbocycles. The Balaban J connectivity index is 2.64. The van der Waals surface area contributed by atoms with Crippen molar-refractivity contribution in [2.45, 2.75) is 86.6 Å². The SMILES string of the molecule is CCC(C)CC1CC(C(C)(C)C)CCC1CNC(C)C. The summed E-state index contributed by atoms with van der Waals surface area (Å²) in [5.41, 5.74) is 0.490. The molecule has 0 heterocycles. The summed E-state index contributed by atoms with van der Waals surface area (Å²) in [5.74, 6) is 3.66. The first-order valence-electron chi connectivity index (χ1n) is 8.97. The number of hydrogen-bond donors (Lipinski definition) is 1. The maximum absolute atomic E-state index is 3.69. The highest BCUT2D eigenvalue weighted by molar-refractivity contribution is 4.87. The number of hydrogen-bond acceptors (Lipinski definition) is 1. The molecule has 1 aliphatic rings. The van der Waals surface area contributed by atoms with Gasteiger partial charge in [0, 0.05) is 6.04 Å². The van der Waals surface area contributed by atoms with Crippen LogP contribution in [0.25, 0.3) is 0 Å². The molecule has 1 fully saturated rings. The number of rotatable bonds is 6. The van der Waals surface area contributed by atoms with Gasteiger partial charge >= 0.3 is 0 Å². The molecule has 0 spiro atoms. The largest absolute Gasteiger partial charge is 0.314 e. The summed E-state index contributed by atoms with van der Waals surface area (Å²) < 4.78 is 0. The second-order valence-electron chi connectivity index (χ2n) is 8.71. The Hall–Kier alpha value is -0.0400. The van der Waals surface area contributed by atoms with Gasteiger partial charge in [-0.1, -0.05) is 54.9 Å². The molecule has 1 nitrogen and oxygen atoms in total. The molecule has 0 aliphatic heterocycles. The molecule has 0 bridgehead atoms. The van der Waals surface area contributed by atoms with Gasteiger partial charge in [-0.15, -0.1) is 0 Å². The van der Waals surface area contributed by atoms with Crippen LogP contribution in [0.5, 0.6) is 0 Å². The molecule has 4 atom stereocenters. The van der Waals surface area contributed by atoms with Gasteiger partial charge in [-0.2, -0.15) is 0 Å². The van der Waals surface area contributed by atoms with E-state index in [4.69, 9.17) is 0 Å². The standard InChI is InChI=1S/C19H39N/c1-8-15(4)11-17-12-18(19(5,6)7)10-9-16(17)13-20-14(2)3/h14-18,20H,8-13H2,1-7H3. The van der Waals surface area contributed by atoms with Crippen molar-refractivity contribution in [1.82, 2.24) is 5.32 Å². The Labute approximate surface area is 128 Å². The molecule has 120 valence electrons. The monoisotopic (exact) mass is 281 g/mol. The van der Waals surface area contributed by atoms with Gasteiger partial charge in [0.2, 0.25) is 0 Å². The van der Waals surface area contributed by atoms with Crippen LogP contribution in [0.2, 0.25) is 0 Å². The summed E-state index contributed by atoms with van der Waals surface area (Å²) in [6, 6.07) is 0.625. The molecule has 0 aromatic carbocycles. The van der Waals surface area contributed by atoms with E-state index in [1.165, 1.54) is 38.6 Å². The van der Waals surface area contributed by atoms with E-state index in [0.29, 0.717) is 11.5 Å². The van der Waals surface area contributed by atoms with Gasteiger partial charge in [-0.05, 0) is 61.3 Å². The van der Waals surface area contributed by atoms with Crippen LogP contribution >= 0.6 is 0 Å². The average molecular weight is 282 g/mol. The molecule has 1 aliphatic carbocycles. The summed E-state index contributed by atoms with van der Waals surface area (Å²) in [7, 11) is 0. The third-order valence-corrected chi connectivity index (χ3v) is 5.55. The van der Waals surface area contributed by atoms with E-state index in [1.54, 1.807) is 0 Å². The highest BCUT2D eigenvalue weighted by Gasteiger charge is 2.35. The first-order chi connectivity index (χ1) is 9.24. The highest BCUT2D eigenvalue weighted by Crippen LogP contribution is 2.44. The molecular formula is C19H39N. The lowest BCUT2D eigenvalue weighted by Gasteiger charge is -2.43. The van der Waals surface area contributed by atoms with Crippen LogP contribution in [-0.4, -0.2) is 12.6 Å². The molecule has 1 rings (SSSR count). The summed E-state index contributed by atoms with van der Waals surface area (Å²) >= 11 is 0. The van der Waals surface area contributed by atoms with Gasteiger partial charge in [-0.3, -0.25) is 0 Å². The van der Waals surface area contributed by atoms with Crippen LogP contribution in [0.4, 0.5) is 0 Å². The Bertz CT molecular complexity index is 263. The normalized spacial score (nSPS) is 29.7. The van der Waals surface area contributed by atoms with E-state index in [-0.39, 0.29) is 0 Å². The third-order valence-electron chi connectivity index (χ3n) is 5.55. The van der Waals surface area contributed by atoms with Crippen molar-refractivity contribution in [3.63, 3.8) is 0 Å². The molecule has 20 heavy (non-hydrogen) atoms. The lowest BCUT2D eigenvalue weighted by atomic mass is 9.64. The minimum absolute atomic E-state index is 0.490. The van der Waals surface area contributed by atoms with E-state index < -0.39 is 0 Å². The Morgan fingerprint density at radius 2 is 1.70 bits per heavy atom. The second-order valence-corrected chi connectivity index (χ2v) is 8.71. The van der Waals surface area contributed by atoms with Gasteiger partial charge in [0.05, 0.1) is 0 Å². The van der Waals surface area contributed by atoms with Crippen LogP contribution in [0.15, 0.2) is 0 Å². The fraction of sp³-hybridized carbons (Fsp3) is 1.00. The molecule has 0 aromatic heterocycles. The van der Waals surface area contributed by atoms with Crippen LogP contribution in [-0.2, 0) is 0 Å². The van der Waals surface area contributed by atoms with Crippen molar-refractivity contribution >= 4 is 0 Å². The Kier molecular flexibility index (Phi) is 7.04. The van der Waals surface area contributed by atoms with Crippen LogP contribution in [0.3, 0.4) is 0 Å². The lowest BCUT2D eigenvalue weighted by Crippen LogP contribution is -2.39. The lowest BCUT2D eigenvalue weighted by molar-refractivity contribution is 0.0830. The van der Waals surface area contributed by atoms with E-state index in [9.17, 15) is 0 Å². The fourth-order valence-corrected chi connectivity index (χ4v) is 3.74. The first-order valence-corrected chi connectivity index (χ1v) is 8.97. The maximum Gasteiger partial charge on any atom is 0.00104 e. The molecule has 0 aromatic rings. The minimum Gasteiger partial charge on any atom is -0.314 e. The highest BCUT2D eigenvalue weighted by atomic mass is 14.9. The van der Waals surface area contributed by atoms with Gasteiger partial charge in [0.1, 0.15) is 0 Å². The topological polar surface area (TPSA) is 12.0 Å². The number of nitrogens with one attached hydrogen (secondary N) is 1. The van der Waals surface area contributed by atoms with E-state index in [2.05, 4.69) is 53.8 Å². The molecule has 0 amide bonds. The van der Waals surface area contributed by atoms with Crippen LogP contribution < -0.4 is 5.32 Å². The van der Waals surface area contributed by atoms with Crippen molar-refractivity contribution < 1.29 is 0 Å². The first kappa shape index (κ1) is 18.0. The van der Waals surface area contributed by atoms with Crippen molar-refractivity contribution in [2.24, 2.45) is 29.1 Å². The van der Waals surface area contributed by atoms with Crippen molar-refractivity contribution in [3.8, 4) is 0 Å². The third kappa shape index (κ3) is 5.76. The van der Waals surface area contributed by atoms with Crippen molar-refractivity contribution in [1.29, 1.82) is 0 Å². The van der Waals surface area contributed by atoms with Crippen molar-refractivity contribution in [3.05, 3.63) is 0 Å². The van der Waals surface area contributed by atoms with E-state index in [1.807, 2.05) is 0 Å². The Morgan fingerprint density at radius 1 is 1.05 bits per heavy atom. The maximum atomic E-state index is 3.69. The molecule has 4 unspecified atom stereocenters.